The topological polar surface area (TPSA) is 93.2 Å². The molecule has 1 atom stereocenters. The molecule has 128 valence electrons. The first-order chi connectivity index (χ1) is 11.4. The van der Waals surface area contributed by atoms with Gasteiger partial charge < -0.3 is 15.6 Å². The third-order valence-corrected chi connectivity index (χ3v) is 5.42. The molecule has 24 heavy (non-hydrogen) atoms. The Labute approximate surface area is 144 Å². The van der Waals surface area contributed by atoms with Gasteiger partial charge in [-0.3, -0.25) is 14.5 Å². The predicted molar refractivity (Wildman–Crippen MR) is 93.0 cm³/mol. The molecule has 2 aromatic heterocycles. The monoisotopic (exact) mass is 347 g/mol. The number of aromatic nitrogens is 2. The van der Waals surface area contributed by atoms with E-state index >= 15 is 0 Å². The SMILES string of the molecule is Cc1nc2n(c1C)CCN([C@H](C)C(=O)Nc1sccc1C(N)=O)C2. The maximum atomic E-state index is 12.5. The first-order valence-corrected chi connectivity index (χ1v) is 8.71. The maximum absolute atomic E-state index is 12.5. The zero-order valence-corrected chi connectivity index (χ0v) is 14.8. The number of aryl methyl sites for hydroxylation is 1. The number of primary amides is 1. The summed E-state index contributed by atoms with van der Waals surface area (Å²) in [5, 5.41) is 5.06. The van der Waals surface area contributed by atoms with Crippen molar-refractivity contribution in [2.24, 2.45) is 5.73 Å². The average molecular weight is 347 g/mol. The molecule has 0 saturated carbocycles. The van der Waals surface area contributed by atoms with E-state index in [0.29, 0.717) is 17.1 Å². The van der Waals surface area contributed by atoms with Gasteiger partial charge in [0, 0.05) is 18.8 Å². The minimum absolute atomic E-state index is 0.145. The fourth-order valence-corrected chi connectivity index (χ4v) is 3.74. The molecule has 0 aliphatic carbocycles. The minimum Gasteiger partial charge on any atom is -0.366 e. The summed E-state index contributed by atoms with van der Waals surface area (Å²) in [5.41, 5.74) is 7.89. The van der Waals surface area contributed by atoms with Crippen LogP contribution in [0.4, 0.5) is 5.00 Å². The van der Waals surface area contributed by atoms with Crippen LogP contribution in [0.15, 0.2) is 11.4 Å². The highest BCUT2D eigenvalue weighted by Gasteiger charge is 2.28. The van der Waals surface area contributed by atoms with Crippen molar-refractivity contribution in [3.63, 3.8) is 0 Å². The second kappa shape index (κ2) is 6.37. The van der Waals surface area contributed by atoms with Crippen molar-refractivity contribution in [2.45, 2.75) is 39.9 Å². The van der Waals surface area contributed by atoms with Crippen LogP contribution in [0.3, 0.4) is 0 Å². The van der Waals surface area contributed by atoms with E-state index in [1.54, 1.807) is 11.4 Å². The van der Waals surface area contributed by atoms with Gasteiger partial charge in [0.25, 0.3) is 5.91 Å². The molecular formula is C16H21N5O2S. The van der Waals surface area contributed by atoms with E-state index in [9.17, 15) is 9.59 Å². The van der Waals surface area contributed by atoms with E-state index in [4.69, 9.17) is 5.73 Å². The Bertz CT molecular complexity index is 794. The van der Waals surface area contributed by atoms with E-state index in [-0.39, 0.29) is 11.9 Å². The number of nitrogens with two attached hydrogens (primary N) is 1. The maximum Gasteiger partial charge on any atom is 0.251 e. The molecule has 0 radical (unpaired) electrons. The number of carbonyl (C=O) groups is 2. The lowest BCUT2D eigenvalue weighted by molar-refractivity contribution is -0.121. The van der Waals surface area contributed by atoms with Crippen LogP contribution in [-0.4, -0.2) is 38.9 Å². The Kier molecular flexibility index (Phi) is 4.42. The number of carbonyl (C=O) groups excluding carboxylic acids is 2. The van der Waals surface area contributed by atoms with Crippen molar-refractivity contribution >= 4 is 28.2 Å². The number of fused-ring (bicyclic) bond motifs is 1. The van der Waals surface area contributed by atoms with Gasteiger partial charge >= 0.3 is 0 Å². The van der Waals surface area contributed by atoms with Crippen LogP contribution >= 0.6 is 11.3 Å². The summed E-state index contributed by atoms with van der Waals surface area (Å²) in [6.45, 7) is 8.18. The van der Waals surface area contributed by atoms with Gasteiger partial charge in [-0.15, -0.1) is 11.3 Å². The molecule has 0 saturated heterocycles. The van der Waals surface area contributed by atoms with Crippen LogP contribution < -0.4 is 11.1 Å². The van der Waals surface area contributed by atoms with Crippen molar-refractivity contribution in [3.8, 4) is 0 Å². The second-order valence-electron chi connectivity index (χ2n) is 6.01. The lowest BCUT2D eigenvalue weighted by Crippen LogP contribution is -2.46. The molecule has 8 heteroatoms. The van der Waals surface area contributed by atoms with Gasteiger partial charge in [0.1, 0.15) is 10.8 Å². The van der Waals surface area contributed by atoms with Crippen molar-refractivity contribution in [1.29, 1.82) is 0 Å². The third kappa shape index (κ3) is 2.94. The molecule has 3 heterocycles. The van der Waals surface area contributed by atoms with Crippen LogP contribution in [0.5, 0.6) is 0 Å². The Morgan fingerprint density at radius 2 is 2.12 bits per heavy atom. The molecule has 1 aliphatic heterocycles. The molecule has 1 aliphatic rings. The second-order valence-corrected chi connectivity index (χ2v) is 6.93. The fraction of sp³-hybridized carbons (Fsp3) is 0.438. The lowest BCUT2D eigenvalue weighted by atomic mass is 10.2. The summed E-state index contributed by atoms with van der Waals surface area (Å²) in [6, 6.07) is 1.30. The van der Waals surface area contributed by atoms with Gasteiger partial charge in [0.15, 0.2) is 0 Å². The molecule has 2 amide bonds. The van der Waals surface area contributed by atoms with Gasteiger partial charge in [0.2, 0.25) is 5.91 Å². The standard InChI is InChI=1S/C16H21N5O2S/c1-9-10(2)21-6-5-20(8-13(21)18-9)11(3)15(23)19-16-12(14(17)22)4-7-24-16/h4,7,11H,5-6,8H2,1-3H3,(H2,17,22)(H,19,23)/t11-/m1/s1. The molecule has 3 N–H and O–H groups in total. The van der Waals surface area contributed by atoms with E-state index < -0.39 is 5.91 Å². The fourth-order valence-electron chi connectivity index (χ4n) is 2.94. The Hall–Kier alpha value is -2.19. The molecule has 2 aromatic rings. The number of nitrogens with zero attached hydrogens (tertiary/aromatic N) is 3. The Morgan fingerprint density at radius 3 is 2.83 bits per heavy atom. The van der Waals surface area contributed by atoms with Gasteiger partial charge in [-0.2, -0.15) is 0 Å². The van der Waals surface area contributed by atoms with E-state index in [0.717, 1.165) is 24.6 Å². The molecule has 0 unspecified atom stereocenters. The number of amides is 2. The van der Waals surface area contributed by atoms with Crippen molar-refractivity contribution in [2.75, 3.05) is 11.9 Å². The normalized spacial score (nSPS) is 15.8. The highest BCUT2D eigenvalue weighted by atomic mass is 32.1. The number of rotatable bonds is 4. The number of nitrogens with one attached hydrogen (secondary N) is 1. The predicted octanol–water partition coefficient (Wildman–Crippen LogP) is 1.50. The van der Waals surface area contributed by atoms with Gasteiger partial charge in [-0.1, -0.05) is 0 Å². The Balaban J connectivity index is 1.70. The quantitative estimate of drug-likeness (QED) is 0.876. The summed E-state index contributed by atoms with van der Waals surface area (Å²) >= 11 is 1.30. The van der Waals surface area contributed by atoms with Gasteiger partial charge in [-0.25, -0.2) is 4.98 Å². The first kappa shape index (κ1) is 16.7. The number of anilines is 1. The molecule has 0 spiro atoms. The molecule has 3 rings (SSSR count). The molecule has 0 aromatic carbocycles. The number of imidazole rings is 1. The molecular weight excluding hydrogens is 326 g/mol. The third-order valence-electron chi connectivity index (χ3n) is 4.59. The van der Waals surface area contributed by atoms with Gasteiger partial charge in [-0.05, 0) is 32.2 Å². The summed E-state index contributed by atoms with van der Waals surface area (Å²) < 4.78 is 2.21. The van der Waals surface area contributed by atoms with Crippen LogP contribution in [0, 0.1) is 13.8 Å². The molecule has 0 bridgehead atoms. The van der Waals surface area contributed by atoms with Crippen molar-refractivity contribution in [3.05, 3.63) is 34.2 Å². The molecule has 7 nitrogen and oxygen atoms in total. The van der Waals surface area contributed by atoms with Crippen LogP contribution in [0.1, 0.15) is 34.5 Å². The summed E-state index contributed by atoms with van der Waals surface area (Å²) in [6.07, 6.45) is 0. The van der Waals surface area contributed by atoms with Crippen molar-refractivity contribution in [1.82, 2.24) is 14.5 Å². The molecule has 0 fully saturated rings. The Morgan fingerprint density at radius 1 is 1.38 bits per heavy atom. The summed E-state index contributed by atoms with van der Waals surface area (Å²) in [7, 11) is 0. The zero-order valence-electron chi connectivity index (χ0n) is 14.0. The summed E-state index contributed by atoms with van der Waals surface area (Å²) in [5.74, 6) is 0.309. The van der Waals surface area contributed by atoms with E-state index in [1.165, 1.54) is 17.0 Å². The van der Waals surface area contributed by atoms with Crippen molar-refractivity contribution < 1.29 is 9.59 Å². The van der Waals surface area contributed by atoms with Crippen LogP contribution in [0.25, 0.3) is 0 Å². The number of hydrogen-bond acceptors (Lipinski definition) is 5. The smallest absolute Gasteiger partial charge is 0.251 e. The first-order valence-electron chi connectivity index (χ1n) is 7.83. The van der Waals surface area contributed by atoms with Crippen LogP contribution in [-0.2, 0) is 17.9 Å². The largest absolute Gasteiger partial charge is 0.366 e. The average Bonchev–Trinajstić information content (AvgIpc) is 3.11. The van der Waals surface area contributed by atoms with E-state index in [1.807, 2.05) is 13.8 Å². The number of hydrogen-bond donors (Lipinski definition) is 2. The number of thiophene rings is 1. The summed E-state index contributed by atoms with van der Waals surface area (Å²) in [4.78, 5) is 30.6. The zero-order chi connectivity index (χ0) is 17.4. The minimum atomic E-state index is -0.537. The van der Waals surface area contributed by atoms with Crippen LogP contribution in [0.2, 0.25) is 0 Å². The highest BCUT2D eigenvalue weighted by molar-refractivity contribution is 7.14. The van der Waals surface area contributed by atoms with E-state index in [2.05, 4.69) is 26.7 Å². The lowest BCUT2D eigenvalue weighted by Gasteiger charge is -2.32. The van der Waals surface area contributed by atoms with Gasteiger partial charge in [0.05, 0.1) is 23.8 Å². The highest BCUT2D eigenvalue weighted by Crippen LogP contribution is 2.24.